The molecule has 1 fully saturated rings. The zero-order valence-corrected chi connectivity index (χ0v) is 11.8. The Balaban J connectivity index is 1.93. The third kappa shape index (κ3) is 2.29. The number of hydrogen-bond donors (Lipinski definition) is 1. The van der Waals surface area contributed by atoms with E-state index in [9.17, 15) is 9.90 Å². The van der Waals surface area contributed by atoms with E-state index in [1.165, 1.54) is 0 Å². The minimum atomic E-state index is -0.819. The second-order valence-electron chi connectivity index (χ2n) is 5.77. The number of ether oxygens (including phenoxy) is 1. The number of fused-ring (bicyclic) bond motifs is 1. The zero-order valence-electron chi connectivity index (χ0n) is 11.8. The number of benzene rings is 1. The predicted molar refractivity (Wildman–Crippen MR) is 77.5 cm³/mol. The highest BCUT2D eigenvalue weighted by atomic mass is 16.5. The molecule has 0 aromatic heterocycles. The lowest BCUT2D eigenvalue weighted by Crippen LogP contribution is -2.42. The van der Waals surface area contributed by atoms with Crippen LogP contribution in [-0.4, -0.2) is 36.9 Å². The molecule has 2 aliphatic heterocycles. The van der Waals surface area contributed by atoms with E-state index in [2.05, 4.69) is 17.9 Å². The molecule has 3 rings (SSSR count). The van der Waals surface area contributed by atoms with Crippen molar-refractivity contribution in [1.29, 1.82) is 0 Å². The number of rotatable bonds is 3. The number of carboxylic acid groups (broad SMARTS) is 1. The highest BCUT2D eigenvalue weighted by Gasteiger charge is 2.31. The van der Waals surface area contributed by atoms with Crippen molar-refractivity contribution in [2.75, 3.05) is 24.7 Å². The summed E-state index contributed by atoms with van der Waals surface area (Å²) in [6.45, 7) is 4.92. The molecule has 108 valence electrons. The number of nitrogens with zero attached hydrogens (tertiary/aromatic N) is 1. The summed E-state index contributed by atoms with van der Waals surface area (Å²) < 4.78 is 5.50. The SMILES string of the molecule is CC(C1CCOC1)N1CCCc2c(C(=O)O)cccc21. The minimum Gasteiger partial charge on any atom is -0.478 e. The lowest BCUT2D eigenvalue weighted by molar-refractivity contribution is 0.0695. The topological polar surface area (TPSA) is 49.8 Å². The van der Waals surface area contributed by atoms with Crippen LogP contribution in [0.3, 0.4) is 0 Å². The summed E-state index contributed by atoms with van der Waals surface area (Å²) in [5.74, 6) is -0.269. The van der Waals surface area contributed by atoms with E-state index in [1.807, 2.05) is 6.07 Å². The maximum absolute atomic E-state index is 11.4. The quantitative estimate of drug-likeness (QED) is 0.921. The maximum atomic E-state index is 11.4. The van der Waals surface area contributed by atoms with Gasteiger partial charge in [-0.15, -0.1) is 0 Å². The maximum Gasteiger partial charge on any atom is 0.336 e. The van der Waals surface area contributed by atoms with Gasteiger partial charge in [-0.3, -0.25) is 0 Å². The van der Waals surface area contributed by atoms with Crippen LogP contribution in [0, 0.1) is 5.92 Å². The number of aromatic carboxylic acids is 1. The van der Waals surface area contributed by atoms with E-state index in [0.29, 0.717) is 17.5 Å². The third-order valence-corrected chi connectivity index (χ3v) is 4.66. The first kappa shape index (κ1) is 13.4. The molecule has 20 heavy (non-hydrogen) atoms. The van der Waals surface area contributed by atoms with Gasteiger partial charge in [0.1, 0.15) is 0 Å². The third-order valence-electron chi connectivity index (χ3n) is 4.66. The van der Waals surface area contributed by atoms with Crippen molar-refractivity contribution >= 4 is 11.7 Å². The molecule has 1 saturated heterocycles. The Hall–Kier alpha value is -1.55. The second kappa shape index (κ2) is 5.44. The molecule has 2 atom stereocenters. The van der Waals surface area contributed by atoms with Crippen LogP contribution in [0.5, 0.6) is 0 Å². The number of anilines is 1. The van der Waals surface area contributed by atoms with Crippen LogP contribution >= 0.6 is 0 Å². The first-order valence-corrected chi connectivity index (χ1v) is 7.38. The van der Waals surface area contributed by atoms with Gasteiger partial charge in [-0.1, -0.05) is 6.07 Å². The van der Waals surface area contributed by atoms with Crippen molar-refractivity contribution in [3.63, 3.8) is 0 Å². The highest BCUT2D eigenvalue weighted by molar-refractivity contribution is 5.91. The average Bonchev–Trinajstić information content (AvgIpc) is 2.99. The second-order valence-corrected chi connectivity index (χ2v) is 5.77. The minimum absolute atomic E-state index is 0.403. The Labute approximate surface area is 119 Å². The van der Waals surface area contributed by atoms with E-state index in [1.54, 1.807) is 6.07 Å². The largest absolute Gasteiger partial charge is 0.478 e. The van der Waals surface area contributed by atoms with Gasteiger partial charge in [0.25, 0.3) is 0 Å². The Morgan fingerprint density at radius 1 is 1.50 bits per heavy atom. The zero-order chi connectivity index (χ0) is 14.1. The van der Waals surface area contributed by atoms with Gasteiger partial charge < -0.3 is 14.7 Å². The molecule has 0 bridgehead atoms. The molecule has 2 unspecified atom stereocenters. The molecular formula is C16H21NO3. The highest BCUT2D eigenvalue weighted by Crippen LogP contribution is 2.34. The summed E-state index contributed by atoms with van der Waals surface area (Å²) in [7, 11) is 0. The van der Waals surface area contributed by atoms with Crippen molar-refractivity contribution < 1.29 is 14.6 Å². The molecule has 2 aliphatic rings. The Kier molecular flexibility index (Phi) is 3.66. The fraction of sp³-hybridized carbons (Fsp3) is 0.562. The molecule has 1 aromatic carbocycles. The van der Waals surface area contributed by atoms with Crippen LogP contribution in [-0.2, 0) is 11.2 Å². The van der Waals surface area contributed by atoms with Gasteiger partial charge in [-0.25, -0.2) is 4.79 Å². The van der Waals surface area contributed by atoms with Crippen molar-refractivity contribution in [2.45, 2.75) is 32.2 Å². The summed E-state index contributed by atoms with van der Waals surface area (Å²) in [5.41, 5.74) is 2.56. The average molecular weight is 275 g/mol. The van der Waals surface area contributed by atoms with Crippen LogP contribution in [0.4, 0.5) is 5.69 Å². The van der Waals surface area contributed by atoms with Gasteiger partial charge in [0.05, 0.1) is 12.2 Å². The van der Waals surface area contributed by atoms with Crippen LogP contribution in [0.15, 0.2) is 18.2 Å². The van der Waals surface area contributed by atoms with E-state index >= 15 is 0 Å². The van der Waals surface area contributed by atoms with Gasteiger partial charge >= 0.3 is 5.97 Å². The van der Waals surface area contributed by atoms with Crippen molar-refractivity contribution in [3.8, 4) is 0 Å². The van der Waals surface area contributed by atoms with Crippen molar-refractivity contribution in [1.82, 2.24) is 0 Å². The van der Waals surface area contributed by atoms with Crippen molar-refractivity contribution in [3.05, 3.63) is 29.3 Å². The number of hydrogen-bond acceptors (Lipinski definition) is 3. The lowest BCUT2D eigenvalue weighted by atomic mass is 9.92. The predicted octanol–water partition coefficient (Wildman–Crippen LogP) is 2.56. The summed E-state index contributed by atoms with van der Waals surface area (Å²) in [4.78, 5) is 13.7. The van der Waals surface area contributed by atoms with E-state index < -0.39 is 5.97 Å². The van der Waals surface area contributed by atoms with Crippen molar-refractivity contribution in [2.24, 2.45) is 5.92 Å². The lowest BCUT2D eigenvalue weighted by Gasteiger charge is -2.39. The van der Waals surface area contributed by atoms with Gasteiger partial charge in [0.2, 0.25) is 0 Å². The normalized spacial score (nSPS) is 23.4. The molecule has 0 amide bonds. The number of carbonyl (C=O) groups is 1. The summed E-state index contributed by atoms with van der Waals surface area (Å²) in [6, 6.07) is 6.04. The molecule has 0 aliphatic carbocycles. The Morgan fingerprint density at radius 2 is 2.35 bits per heavy atom. The van der Waals surface area contributed by atoms with Crippen LogP contribution in [0.25, 0.3) is 0 Å². The van der Waals surface area contributed by atoms with E-state index in [0.717, 1.165) is 50.3 Å². The van der Waals surface area contributed by atoms with Gasteiger partial charge in [0, 0.05) is 30.8 Å². The molecule has 0 saturated carbocycles. The standard InChI is InChI=1S/C16H21NO3/c1-11(12-7-9-20-10-12)17-8-3-5-13-14(16(18)19)4-2-6-15(13)17/h2,4,6,11-12H,3,5,7-10H2,1H3,(H,18,19). The Morgan fingerprint density at radius 3 is 3.05 bits per heavy atom. The summed E-state index contributed by atoms with van der Waals surface area (Å²) >= 11 is 0. The number of carboxylic acids is 1. The molecule has 0 radical (unpaired) electrons. The summed E-state index contributed by atoms with van der Waals surface area (Å²) in [6.07, 6.45) is 2.99. The van der Waals surface area contributed by atoms with Crippen LogP contribution < -0.4 is 4.90 Å². The fourth-order valence-electron chi connectivity index (χ4n) is 3.46. The van der Waals surface area contributed by atoms with Gasteiger partial charge in [-0.2, -0.15) is 0 Å². The summed E-state index contributed by atoms with van der Waals surface area (Å²) in [5, 5.41) is 9.34. The van der Waals surface area contributed by atoms with Gasteiger partial charge in [-0.05, 0) is 43.9 Å². The smallest absolute Gasteiger partial charge is 0.336 e. The fourth-order valence-corrected chi connectivity index (χ4v) is 3.46. The van der Waals surface area contributed by atoms with E-state index in [-0.39, 0.29) is 0 Å². The first-order chi connectivity index (χ1) is 9.68. The van der Waals surface area contributed by atoms with Crippen LogP contribution in [0.1, 0.15) is 35.7 Å². The van der Waals surface area contributed by atoms with Gasteiger partial charge in [0.15, 0.2) is 0 Å². The molecule has 0 spiro atoms. The van der Waals surface area contributed by atoms with Crippen LogP contribution in [0.2, 0.25) is 0 Å². The monoisotopic (exact) mass is 275 g/mol. The molecular weight excluding hydrogens is 254 g/mol. The molecule has 4 nitrogen and oxygen atoms in total. The molecule has 1 N–H and O–H groups in total. The Bertz CT molecular complexity index is 508. The molecule has 1 aromatic rings. The molecule has 4 heteroatoms. The first-order valence-electron chi connectivity index (χ1n) is 7.38. The van der Waals surface area contributed by atoms with E-state index in [4.69, 9.17) is 4.74 Å². The molecule has 2 heterocycles.